The quantitative estimate of drug-likeness (QED) is 0.651. The summed E-state index contributed by atoms with van der Waals surface area (Å²) in [6, 6.07) is 7.83. The highest BCUT2D eigenvalue weighted by Crippen LogP contribution is 2.25. The van der Waals surface area contributed by atoms with Gasteiger partial charge in [0.25, 0.3) is 0 Å². The maximum atomic E-state index is 8.85. The minimum absolute atomic E-state index is 0.158. The molecule has 4 N–H and O–H groups in total. The number of nitrogens with zero attached hydrogens (tertiary/aromatic N) is 2. The van der Waals surface area contributed by atoms with E-state index in [4.69, 9.17) is 10.8 Å². The van der Waals surface area contributed by atoms with E-state index in [-0.39, 0.29) is 6.61 Å². The number of anilines is 1. The topological polar surface area (TPSA) is 87.8 Å². The summed E-state index contributed by atoms with van der Waals surface area (Å²) in [5.41, 5.74) is 8.41. The summed E-state index contributed by atoms with van der Waals surface area (Å²) in [6.45, 7) is 0.158. The van der Waals surface area contributed by atoms with Gasteiger partial charge in [-0.2, -0.15) is 0 Å². The zero-order valence-corrected chi connectivity index (χ0v) is 9.85. The lowest BCUT2D eigenvalue weighted by Gasteiger charge is -2.00. The number of aryl methyl sites for hydroxylation is 1. The number of nitrogens with two attached hydrogens (primary N) is 1. The molecule has 0 amide bonds. The Hall–Kier alpha value is -2.14. The second-order valence-electron chi connectivity index (χ2n) is 4.25. The standard InChI is InChI=1S/C13H14N4O/c14-13-12-11(16-10(17-12)6-3-7-18)8-4-1-2-5-9(8)15-13/h1-2,4-5,18H,3,6-7H2,(H2,14,15)(H,16,17). The summed E-state index contributed by atoms with van der Waals surface area (Å²) < 4.78 is 0. The van der Waals surface area contributed by atoms with Crippen LogP contribution in [0.5, 0.6) is 0 Å². The van der Waals surface area contributed by atoms with Crippen LogP contribution in [0, 0.1) is 0 Å². The highest BCUT2D eigenvalue weighted by molar-refractivity contribution is 6.05. The minimum Gasteiger partial charge on any atom is -0.396 e. The van der Waals surface area contributed by atoms with Crippen LogP contribution in [-0.2, 0) is 6.42 Å². The monoisotopic (exact) mass is 242 g/mol. The third-order valence-corrected chi connectivity index (χ3v) is 2.98. The van der Waals surface area contributed by atoms with Crippen molar-refractivity contribution in [2.45, 2.75) is 12.8 Å². The molecule has 18 heavy (non-hydrogen) atoms. The van der Waals surface area contributed by atoms with Crippen LogP contribution in [0.3, 0.4) is 0 Å². The number of aliphatic hydroxyl groups is 1. The molecule has 0 saturated carbocycles. The van der Waals surface area contributed by atoms with E-state index in [2.05, 4.69) is 15.0 Å². The highest BCUT2D eigenvalue weighted by atomic mass is 16.2. The first-order valence-corrected chi connectivity index (χ1v) is 5.93. The average molecular weight is 242 g/mol. The molecule has 0 aliphatic carbocycles. The van der Waals surface area contributed by atoms with E-state index in [1.807, 2.05) is 24.3 Å². The molecule has 0 atom stereocenters. The van der Waals surface area contributed by atoms with Gasteiger partial charge in [0.05, 0.1) is 11.0 Å². The van der Waals surface area contributed by atoms with Gasteiger partial charge in [-0.05, 0) is 12.5 Å². The number of nitrogen functional groups attached to an aromatic ring is 1. The largest absolute Gasteiger partial charge is 0.396 e. The summed E-state index contributed by atoms with van der Waals surface area (Å²) in [5, 5.41) is 9.87. The van der Waals surface area contributed by atoms with Gasteiger partial charge in [0.1, 0.15) is 11.3 Å². The lowest BCUT2D eigenvalue weighted by Crippen LogP contribution is -1.93. The fourth-order valence-electron chi connectivity index (χ4n) is 2.13. The lowest BCUT2D eigenvalue weighted by atomic mass is 10.2. The first-order chi connectivity index (χ1) is 8.79. The second kappa shape index (κ2) is 4.27. The fourth-order valence-corrected chi connectivity index (χ4v) is 2.13. The van der Waals surface area contributed by atoms with Crippen LogP contribution in [-0.4, -0.2) is 26.7 Å². The van der Waals surface area contributed by atoms with E-state index >= 15 is 0 Å². The number of aromatic nitrogens is 3. The number of fused-ring (bicyclic) bond motifs is 3. The Morgan fingerprint density at radius 3 is 2.89 bits per heavy atom. The summed E-state index contributed by atoms with van der Waals surface area (Å²) in [4.78, 5) is 12.1. The molecule has 0 aliphatic rings. The van der Waals surface area contributed by atoms with Gasteiger partial charge < -0.3 is 15.8 Å². The molecule has 5 nitrogen and oxygen atoms in total. The zero-order chi connectivity index (χ0) is 12.5. The average Bonchev–Trinajstić information content (AvgIpc) is 2.81. The predicted octanol–water partition coefficient (Wildman–Crippen LogP) is 1.62. The number of para-hydroxylation sites is 1. The lowest BCUT2D eigenvalue weighted by molar-refractivity contribution is 0.287. The third-order valence-electron chi connectivity index (χ3n) is 2.98. The van der Waals surface area contributed by atoms with E-state index in [0.717, 1.165) is 22.2 Å². The van der Waals surface area contributed by atoms with Crippen LogP contribution in [0.4, 0.5) is 5.82 Å². The van der Waals surface area contributed by atoms with Crippen LogP contribution in [0.1, 0.15) is 12.2 Å². The molecule has 0 aliphatic heterocycles. The molecule has 0 spiro atoms. The van der Waals surface area contributed by atoms with Crippen molar-refractivity contribution in [3.05, 3.63) is 30.1 Å². The number of hydrogen-bond acceptors (Lipinski definition) is 4. The molecule has 2 heterocycles. The molecule has 0 unspecified atom stereocenters. The van der Waals surface area contributed by atoms with Gasteiger partial charge in [-0.15, -0.1) is 0 Å². The van der Waals surface area contributed by atoms with E-state index < -0.39 is 0 Å². The number of aliphatic hydroxyl groups excluding tert-OH is 1. The number of hydrogen-bond donors (Lipinski definition) is 3. The van der Waals surface area contributed by atoms with E-state index in [0.29, 0.717) is 24.2 Å². The van der Waals surface area contributed by atoms with Gasteiger partial charge >= 0.3 is 0 Å². The highest BCUT2D eigenvalue weighted by Gasteiger charge is 2.10. The van der Waals surface area contributed by atoms with Crippen LogP contribution in [0.25, 0.3) is 21.9 Å². The number of benzene rings is 1. The van der Waals surface area contributed by atoms with Crippen molar-refractivity contribution >= 4 is 27.8 Å². The Morgan fingerprint density at radius 1 is 1.22 bits per heavy atom. The number of nitrogens with one attached hydrogen (secondary N) is 1. The zero-order valence-electron chi connectivity index (χ0n) is 9.85. The molecular formula is C13H14N4O. The maximum absolute atomic E-state index is 8.85. The van der Waals surface area contributed by atoms with Crippen molar-refractivity contribution in [2.75, 3.05) is 12.3 Å². The Labute approximate surface area is 104 Å². The number of rotatable bonds is 3. The van der Waals surface area contributed by atoms with Crippen molar-refractivity contribution in [3.8, 4) is 0 Å². The fraction of sp³-hybridized carbons (Fsp3) is 0.231. The summed E-state index contributed by atoms with van der Waals surface area (Å²) in [5.74, 6) is 1.28. The number of imidazole rings is 1. The van der Waals surface area contributed by atoms with E-state index in [1.54, 1.807) is 0 Å². The maximum Gasteiger partial charge on any atom is 0.152 e. The summed E-state index contributed by atoms with van der Waals surface area (Å²) >= 11 is 0. The van der Waals surface area contributed by atoms with Gasteiger partial charge in [0, 0.05) is 18.4 Å². The predicted molar refractivity (Wildman–Crippen MR) is 71.2 cm³/mol. The molecule has 0 saturated heterocycles. The smallest absolute Gasteiger partial charge is 0.152 e. The van der Waals surface area contributed by atoms with Gasteiger partial charge in [0.15, 0.2) is 5.82 Å². The second-order valence-corrected chi connectivity index (χ2v) is 4.25. The van der Waals surface area contributed by atoms with Crippen LogP contribution in [0.15, 0.2) is 24.3 Å². The van der Waals surface area contributed by atoms with Gasteiger partial charge in [-0.3, -0.25) is 0 Å². The van der Waals surface area contributed by atoms with Crippen LogP contribution < -0.4 is 5.73 Å². The van der Waals surface area contributed by atoms with E-state index in [9.17, 15) is 0 Å². The summed E-state index contributed by atoms with van der Waals surface area (Å²) in [7, 11) is 0. The van der Waals surface area contributed by atoms with Crippen LogP contribution in [0.2, 0.25) is 0 Å². The molecule has 3 aromatic rings. The van der Waals surface area contributed by atoms with Crippen LogP contribution >= 0.6 is 0 Å². The Balaban J connectivity index is 2.24. The Kier molecular flexibility index (Phi) is 2.60. The molecule has 92 valence electrons. The number of pyridine rings is 1. The van der Waals surface area contributed by atoms with Gasteiger partial charge in [-0.1, -0.05) is 18.2 Å². The van der Waals surface area contributed by atoms with Gasteiger partial charge in [0.2, 0.25) is 0 Å². The number of H-pyrrole nitrogens is 1. The van der Waals surface area contributed by atoms with Gasteiger partial charge in [-0.25, -0.2) is 9.97 Å². The number of aromatic amines is 1. The molecule has 2 aromatic heterocycles. The molecule has 0 radical (unpaired) electrons. The molecule has 3 rings (SSSR count). The van der Waals surface area contributed by atoms with Crippen molar-refractivity contribution in [2.24, 2.45) is 0 Å². The molecular weight excluding hydrogens is 228 g/mol. The van der Waals surface area contributed by atoms with Crippen molar-refractivity contribution in [1.29, 1.82) is 0 Å². The third kappa shape index (κ3) is 1.69. The first kappa shape index (κ1) is 11.0. The Bertz CT molecular complexity index is 705. The minimum atomic E-state index is 0.158. The van der Waals surface area contributed by atoms with E-state index in [1.165, 1.54) is 0 Å². The molecule has 0 fully saturated rings. The molecule has 1 aromatic carbocycles. The van der Waals surface area contributed by atoms with Crippen molar-refractivity contribution < 1.29 is 5.11 Å². The normalized spacial score (nSPS) is 11.4. The molecule has 0 bridgehead atoms. The Morgan fingerprint density at radius 2 is 2.06 bits per heavy atom. The van der Waals surface area contributed by atoms with Crippen molar-refractivity contribution in [1.82, 2.24) is 15.0 Å². The summed E-state index contributed by atoms with van der Waals surface area (Å²) in [6.07, 6.45) is 1.39. The molecule has 5 heteroatoms. The first-order valence-electron chi connectivity index (χ1n) is 5.93. The van der Waals surface area contributed by atoms with Crippen molar-refractivity contribution in [3.63, 3.8) is 0 Å². The SMILES string of the molecule is Nc1nc2ccccc2c2[nH]c(CCCO)nc12.